The van der Waals surface area contributed by atoms with Crippen LogP contribution in [-0.4, -0.2) is 20.8 Å². The smallest absolute Gasteiger partial charge is 0.214 e. The van der Waals surface area contributed by atoms with Crippen molar-refractivity contribution in [3.8, 4) is 11.5 Å². The van der Waals surface area contributed by atoms with Crippen molar-refractivity contribution in [1.82, 2.24) is 15.0 Å². The molecule has 0 unspecified atom stereocenters. The summed E-state index contributed by atoms with van der Waals surface area (Å²) in [7, 11) is 0. The van der Waals surface area contributed by atoms with Crippen LogP contribution in [0.15, 0.2) is 60.8 Å². The molecule has 1 fully saturated rings. The van der Waals surface area contributed by atoms with E-state index in [-0.39, 0.29) is 5.78 Å². The van der Waals surface area contributed by atoms with E-state index in [9.17, 15) is 4.79 Å². The van der Waals surface area contributed by atoms with Crippen molar-refractivity contribution >= 4 is 5.78 Å². The lowest BCUT2D eigenvalue weighted by Gasteiger charge is -2.37. The van der Waals surface area contributed by atoms with Gasteiger partial charge in [0.1, 0.15) is 11.5 Å². The quantitative estimate of drug-likeness (QED) is 0.478. The van der Waals surface area contributed by atoms with Crippen LogP contribution in [-0.2, 0) is 0 Å². The van der Waals surface area contributed by atoms with Crippen LogP contribution in [0.3, 0.4) is 0 Å². The number of ether oxygens (including phenoxy) is 1. The van der Waals surface area contributed by atoms with Gasteiger partial charge in [0.25, 0.3) is 0 Å². The first-order valence-electron chi connectivity index (χ1n) is 10.8. The molecule has 1 saturated carbocycles. The van der Waals surface area contributed by atoms with Gasteiger partial charge in [-0.05, 0) is 67.0 Å². The Morgan fingerprint density at radius 1 is 1.03 bits per heavy atom. The zero-order valence-corrected chi connectivity index (χ0v) is 17.9. The molecule has 0 aliphatic heterocycles. The van der Waals surface area contributed by atoms with E-state index >= 15 is 0 Å². The van der Waals surface area contributed by atoms with E-state index in [0.717, 1.165) is 12.2 Å². The number of para-hydroxylation sites is 1. The minimum Gasteiger partial charge on any atom is -0.457 e. The maximum atomic E-state index is 12.9. The van der Waals surface area contributed by atoms with Crippen LogP contribution >= 0.6 is 0 Å². The molecule has 0 saturated heterocycles. The summed E-state index contributed by atoms with van der Waals surface area (Å²) in [4.78, 5) is 12.9. The fraction of sp³-hybridized carbons (Fsp3) is 0.400. The number of carbonyl (C=O) groups is 1. The van der Waals surface area contributed by atoms with Crippen molar-refractivity contribution in [2.24, 2.45) is 17.8 Å². The van der Waals surface area contributed by atoms with Gasteiger partial charge in [-0.2, -0.15) is 0 Å². The molecule has 0 amide bonds. The van der Waals surface area contributed by atoms with Gasteiger partial charge in [-0.25, -0.2) is 4.68 Å². The Bertz CT molecular complexity index is 979. The number of nitrogens with zero attached hydrogens (tertiary/aromatic N) is 3. The van der Waals surface area contributed by atoms with Gasteiger partial charge in [-0.15, -0.1) is 5.10 Å². The van der Waals surface area contributed by atoms with E-state index in [1.165, 1.54) is 12.8 Å². The largest absolute Gasteiger partial charge is 0.457 e. The zero-order chi connectivity index (χ0) is 21.1. The number of benzene rings is 2. The number of aromatic nitrogens is 3. The van der Waals surface area contributed by atoms with Crippen molar-refractivity contribution < 1.29 is 9.53 Å². The summed E-state index contributed by atoms with van der Waals surface area (Å²) in [5.41, 5.74) is 0.979. The molecule has 5 heteroatoms. The van der Waals surface area contributed by atoms with Gasteiger partial charge >= 0.3 is 0 Å². The van der Waals surface area contributed by atoms with E-state index in [1.807, 2.05) is 53.3 Å². The summed E-state index contributed by atoms with van der Waals surface area (Å²) >= 11 is 0. The molecule has 1 aliphatic rings. The van der Waals surface area contributed by atoms with Gasteiger partial charge in [0, 0.05) is 5.56 Å². The Morgan fingerprint density at radius 3 is 2.43 bits per heavy atom. The highest BCUT2D eigenvalue weighted by Gasteiger charge is 2.33. The van der Waals surface area contributed by atoms with Crippen molar-refractivity contribution in [3.63, 3.8) is 0 Å². The molecule has 2 aromatic carbocycles. The second kappa shape index (κ2) is 8.82. The van der Waals surface area contributed by atoms with Crippen LogP contribution in [0.5, 0.6) is 11.5 Å². The van der Waals surface area contributed by atoms with E-state index in [2.05, 4.69) is 31.1 Å². The molecule has 1 aliphatic carbocycles. The molecule has 30 heavy (non-hydrogen) atoms. The molecule has 1 heterocycles. The average Bonchev–Trinajstić information content (AvgIpc) is 3.24. The molecule has 3 aromatic rings. The Morgan fingerprint density at radius 2 is 1.73 bits per heavy atom. The molecular formula is C25H29N3O2. The molecular weight excluding hydrogens is 374 g/mol. The maximum absolute atomic E-state index is 12.9. The minimum absolute atomic E-state index is 0.113. The zero-order valence-electron chi connectivity index (χ0n) is 17.9. The lowest BCUT2D eigenvalue weighted by molar-refractivity contribution is 0.103. The molecule has 0 bridgehead atoms. The van der Waals surface area contributed by atoms with E-state index < -0.39 is 0 Å². The highest BCUT2D eigenvalue weighted by molar-refractivity contribution is 6.07. The van der Waals surface area contributed by atoms with Crippen LogP contribution in [0, 0.1) is 17.8 Å². The standard InChI is InChI=1S/C25H29N3O2/c1-17(2)22-14-9-18(3)15-24(22)28-16-23(26-27-28)25(29)19-10-12-21(13-11-19)30-20-7-5-4-6-8-20/h4-8,10-13,16-18,22,24H,9,14-15H2,1-3H3/t18-,22+,24-/m1/s1. The third-order valence-corrected chi connectivity index (χ3v) is 6.17. The summed E-state index contributed by atoms with van der Waals surface area (Å²) in [6.45, 7) is 6.84. The van der Waals surface area contributed by atoms with E-state index in [1.54, 1.807) is 12.1 Å². The van der Waals surface area contributed by atoms with Crippen LogP contribution in [0.4, 0.5) is 0 Å². The summed E-state index contributed by atoms with van der Waals surface area (Å²) in [6.07, 6.45) is 5.38. The Kier molecular flexibility index (Phi) is 5.98. The van der Waals surface area contributed by atoms with Gasteiger partial charge in [0.15, 0.2) is 5.69 Å². The minimum atomic E-state index is -0.113. The maximum Gasteiger partial charge on any atom is 0.214 e. The number of carbonyl (C=O) groups excluding carboxylic acids is 1. The Hall–Kier alpha value is -2.95. The number of ketones is 1. The highest BCUT2D eigenvalue weighted by atomic mass is 16.5. The van der Waals surface area contributed by atoms with Crippen molar-refractivity contribution in [1.29, 1.82) is 0 Å². The molecule has 4 rings (SSSR count). The highest BCUT2D eigenvalue weighted by Crippen LogP contribution is 2.40. The SMILES string of the molecule is CC(C)[C@@H]1CC[C@@H](C)C[C@H]1n1cc(C(=O)c2ccc(Oc3ccccc3)cc2)nn1. The van der Waals surface area contributed by atoms with Gasteiger partial charge in [0.05, 0.1) is 12.2 Å². The lowest BCUT2D eigenvalue weighted by atomic mass is 9.74. The first-order chi connectivity index (χ1) is 14.5. The fourth-order valence-corrected chi connectivity index (χ4v) is 4.45. The van der Waals surface area contributed by atoms with E-state index in [0.29, 0.717) is 40.8 Å². The van der Waals surface area contributed by atoms with Crippen LogP contribution in [0.25, 0.3) is 0 Å². The van der Waals surface area contributed by atoms with Gasteiger partial charge in [0.2, 0.25) is 5.78 Å². The van der Waals surface area contributed by atoms with Crippen molar-refractivity contribution in [3.05, 3.63) is 72.1 Å². The molecule has 5 nitrogen and oxygen atoms in total. The third-order valence-electron chi connectivity index (χ3n) is 6.17. The summed E-state index contributed by atoms with van der Waals surface area (Å²) in [6, 6.07) is 17.1. The molecule has 156 valence electrons. The number of hydrogen-bond donors (Lipinski definition) is 0. The Balaban J connectivity index is 1.48. The molecule has 1 aromatic heterocycles. The summed E-state index contributed by atoms with van der Waals surface area (Å²) in [5, 5.41) is 8.56. The Labute approximate surface area is 178 Å². The number of hydrogen-bond acceptors (Lipinski definition) is 4. The van der Waals surface area contributed by atoms with Crippen LogP contribution < -0.4 is 4.74 Å². The molecule has 0 radical (unpaired) electrons. The van der Waals surface area contributed by atoms with Gasteiger partial charge in [-0.3, -0.25) is 4.79 Å². The van der Waals surface area contributed by atoms with Gasteiger partial charge < -0.3 is 4.74 Å². The normalized spacial score (nSPS) is 21.5. The van der Waals surface area contributed by atoms with Crippen LogP contribution in [0.1, 0.15) is 62.1 Å². The predicted molar refractivity (Wildman–Crippen MR) is 117 cm³/mol. The lowest BCUT2D eigenvalue weighted by Crippen LogP contribution is -2.30. The average molecular weight is 404 g/mol. The summed E-state index contributed by atoms with van der Waals surface area (Å²) in [5.74, 6) is 3.17. The predicted octanol–water partition coefficient (Wildman–Crippen LogP) is 5.93. The molecule has 0 N–H and O–H groups in total. The fourth-order valence-electron chi connectivity index (χ4n) is 4.45. The van der Waals surface area contributed by atoms with Crippen LogP contribution in [0.2, 0.25) is 0 Å². The number of rotatable bonds is 6. The van der Waals surface area contributed by atoms with Crippen molar-refractivity contribution in [2.75, 3.05) is 0 Å². The second-order valence-electron chi connectivity index (χ2n) is 8.75. The topological polar surface area (TPSA) is 57.0 Å². The van der Waals surface area contributed by atoms with E-state index in [4.69, 9.17) is 4.74 Å². The third kappa shape index (κ3) is 4.45. The van der Waals surface area contributed by atoms with Crippen molar-refractivity contribution in [2.45, 2.75) is 46.1 Å². The van der Waals surface area contributed by atoms with Gasteiger partial charge in [-0.1, -0.05) is 50.6 Å². The molecule has 3 atom stereocenters. The first kappa shape index (κ1) is 20.3. The summed E-state index contributed by atoms with van der Waals surface area (Å²) < 4.78 is 7.73. The monoisotopic (exact) mass is 403 g/mol. The first-order valence-corrected chi connectivity index (χ1v) is 10.8. The molecule has 0 spiro atoms. The second-order valence-corrected chi connectivity index (χ2v) is 8.75.